The number of nitrogens with one attached hydrogen (secondary N) is 1. The average Bonchev–Trinajstić information content (AvgIpc) is 3.04. The molecular formula is C15H26N4O. The van der Waals surface area contributed by atoms with Gasteiger partial charge in [-0.05, 0) is 12.8 Å². The molecule has 0 amide bonds. The van der Waals surface area contributed by atoms with E-state index in [1.54, 1.807) is 0 Å². The van der Waals surface area contributed by atoms with Crippen molar-refractivity contribution in [2.45, 2.75) is 58.0 Å². The molecule has 2 unspecified atom stereocenters. The summed E-state index contributed by atoms with van der Waals surface area (Å²) < 4.78 is 8.40. The first-order valence-electron chi connectivity index (χ1n) is 7.82. The Bertz CT molecular complexity index is 431. The molecule has 0 radical (unpaired) electrons. The number of rotatable bonds is 5. The van der Waals surface area contributed by atoms with Crippen LogP contribution < -0.4 is 5.32 Å². The van der Waals surface area contributed by atoms with Crippen molar-refractivity contribution in [1.82, 2.24) is 19.8 Å². The smallest absolute Gasteiger partial charge is 0.122 e. The molecule has 2 aliphatic heterocycles. The molecule has 3 heterocycles. The van der Waals surface area contributed by atoms with E-state index >= 15 is 0 Å². The van der Waals surface area contributed by atoms with Gasteiger partial charge in [0.25, 0.3) is 0 Å². The predicted molar refractivity (Wildman–Crippen MR) is 78.5 cm³/mol. The van der Waals surface area contributed by atoms with Crippen molar-refractivity contribution >= 4 is 0 Å². The van der Waals surface area contributed by atoms with Gasteiger partial charge in [-0.1, -0.05) is 13.8 Å². The zero-order valence-electron chi connectivity index (χ0n) is 12.6. The Kier molecular flexibility index (Phi) is 4.38. The molecule has 112 valence electrons. The van der Waals surface area contributed by atoms with Gasteiger partial charge < -0.3 is 14.6 Å². The summed E-state index contributed by atoms with van der Waals surface area (Å²) in [5.41, 5.74) is 0. The van der Waals surface area contributed by atoms with E-state index in [0.717, 1.165) is 32.7 Å². The first-order valence-corrected chi connectivity index (χ1v) is 7.82. The first-order chi connectivity index (χ1) is 9.70. The molecule has 1 saturated heterocycles. The zero-order valence-corrected chi connectivity index (χ0v) is 12.6. The van der Waals surface area contributed by atoms with Crippen molar-refractivity contribution in [1.29, 1.82) is 0 Å². The fourth-order valence-electron chi connectivity index (χ4n) is 3.10. The maximum absolute atomic E-state index is 6.15. The van der Waals surface area contributed by atoms with E-state index in [4.69, 9.17) is 4.74 Å². The summed E-state index contributed by atoms with van der Waals surface area (Å²) in [6, 6.07) is 0.540. The minimum Gasteiger partial charge on any atom is -0.372 e. The van der Waals surface area contributed by atoms with Crippen LogP contribution in [0, 0.1) is 0 Å². The SMILES string of the molecule is CC(C)NCC1CCC(CN2CCn3ccnc3C2)O1. The van der Waals surface area contributed by atoms with Crippen LogP contribution in [0.2, 0.25) is 0 Å². The molecule has 1 fully saturated rings. The van der Waals surface area contributed by atoms with Crippen molar-refractivity contribution in [3.05, 3.63) is 18.2 Å². The lowest BCUT2D eigenvalue weighted by atomic mass is 10.1. The molecule has 1 aromatic heterocycles. The van der Waals surface area contributed by atoms with Crippen LogP contribution in [-0.4, -0.2) is 52.3 Å². The van der Waals surface area contributed by atoms with Gasteiger partial charge in [0.15, 0.2) is 0 Å². The highest BCUT2D eigenvalue weighted by Crippen LogP contribution is 2.21. The second kappa shape index (κ2) is 6.24. The molecule has 1 N–H and O–H groups in total. The molecule has 5 nitrogen and oxygen atoms in total. The summed E-state index contributed by atoms with van der Waals surface area (Å²) in [6.45, 7) is 9.52. The number of imidazole rings is 1. The van der Waals surface area contributed by atoms with E-state index in [-0.39, 0.29) is 0 Å². The van der Waals surface area contributed by atoms with E-state index in [9.17, 15) is 0 Å². The summed E-state index contributed by atoms with van der Waals surface area (Å²) in [5, 5.41) is 3.47. The van der Waals surface area contributed by atoms with Gasteiger partial charge in [0.1, 0.15) is 5.82 Å². The number of fused-ring (bicyclic) bond motifs is 1. The van der Waals surface area contributed by atoms with E-state index in [1.807, 2.05) is 6.20 Å². The third-order valence-corrected chi connectivity index (χ3v) is 4.23. The second-order valence-electron chi connectivity index (χ2n) is 6.29. The summed E-state index contributed by atoms with van der Waals surface area (Å²) in [4.78, 5) is 6.89. The van der Waals surface area contributed by atoms with Gasteiger partial charge in [-0.15, -0.1) is 0 Å². The molecule has 2 atom stereocenters. The molecule has 1 aromatic rings. The van der Waals surface area contributed by atoms with Gasteiger partial charge in [-0.3, -0.25) is 4.90 Å². The number of nitrogens with zero attached hydrogens (tertiary/aromatic N) is 3. The Hall–Kier alpha value is -0.910. The lowest BCUT2D eigenvalue weighted by Gasteiger charge is -2.29. The Balaban J connectivity index is 1.44. The predicted octanol–water partition coefficient (Wildman–Crippen LogP) is 1.24. The maximum atomic E-state index is 6.15. The summed E-state index contributed by atoms with van der Waals surface area (Å²) >= 11 is 0. The molecule has 0 aliphatic carbocycles. The van der Waals surface area contributed by atoms with Crippen LogP contribution in [0.5, 0.6) is 0 Å². The molecule has 5 heteroatoms. The fraction of sp³-hybridized carbons (Fsp3) is 0.800. The zero-order chi connectivity index (χ0) is 13.9. The van der Waals surface area contributed by atoms with Crippen molar-refractivity contribution in [2.24, 2.45) is 0 Å². The van der Waals surface area contributed by atoms with Gasteiger partial charge in [0.05, 0.1) is 18.8 Å². The largest absolute Gasteiger partial charge is 0.372 e. The van der Waals surface area contributed by atoms with Crippen LogP contribution in [0.15, 0.2) is 12.4 Å². The molecule has 3 rings (SSSR count). The summed E-state index contributed by atoms with van der Waals surface area (Å²) in [7, 11) is 0. The van der Waals surface area contributed by atoms with Crippen LogP contribution in [-0.2, 0) is 17.8 Å². The number of hydrogen-bond donors (Lipinski definition) is 1. The Labute approximate surface area is 121 Å². The van der Waals surface area contributed by atoms with Crippen molar-refractivity contribution < 1.29 is 4.74 Å². The van der Waals surface area contributed by atoms with E-state index in [0.29, 0.717) is 18.2 Å². The molecule has 0 bridgehead atoms. The molecule has 0 spiro atoms. The Morgan fingerprint density at radius 1 is 1.35 bits per heavy atom. The minimum absolute atomic E-state index is 0.397. The highest BCUT2D eigenvalue weighted by Gasteiger charge is 2.28. The fourth-order valence-corrected chi connectivity index (χ4v) is 3.10. The van der Waals surface area contributed by atoms with E-state index in [1.165, 1.54) is 18.7 Å². The lowest BCUT2D eigenvalue weighted by Crippen LogP contribution is -2.39. The highest BCUT2D eigenvalue weighted by molar-refractivity contribution is 4.96. The number of ether oxygens (including phenoxy) is 1. The Morgan fingerprint density at radius 3 is 3.05 bits per heavy atom. The first kappa shape index (κ1) is 14.0. The standard InChI is InChI=1S/C15H26N4O/c1-12(2)17-9-13-3-4-14(20-13)10-18-7-8-19-6-5-16-15(19)11-18/h5-6,12-14,17H,3-4,7-11H2,1-2H3. The average molecular weight is 278 g/mol. The molecule has 0 aromatic carbocycles. The third kappa shape index (κ3) is 3.40. The van der Waals surface area contributed by atoms with Crippen molar-refractivity contribution in [3.63, 3.8) is 0 Å². The Morgan fingerprint density at radius 2 is 2.20 bits per heavy atom. The van der Waals surface area contributed by atoms with Crippen LogP contribution in [0.25, 0.3) is 0 Å². The third-order valence-electron chi connectivity index (χ3n) is 4.23. The maximum Gasteiger partial charge on any atom is 0.122 e. The van der Waals surface area contributed by atoms with Gasteiger partial charge in [0, 0.05) is 44.6 Å². The van der Waals surface area contributed by atoms with E-state index < -0.39 is 0 Å². The van der Waals surface area contributed by atoms with Crippen LogP contribution >= 0.6 is 0 Å². The van der Waals surface area contributed by atoms with Crippen LogP contribution in [0.4, 0.5) is 0 Å². The van der Waals surface area contributed by atoms with Crippen LogP contribution in [0.1, 0.15) is 32.5 Å². The minimum atomic E-state index is 0.397. The lowest BCUT2D eigenvalue weighted by molar-refractivity contribution is 0.0173. The monoisotopic (exact) mass is 278 g/mol. The molecule has 0 saturated carbocycles. The second-order valence-corrected chi connectivity index (χ2v) is 6.29. The number of hydrogen-bond acceptors (Lipinski definition) is 4. The quantitative estimate of drug-likeness (QED) is 0.880. The summed E-state index contributed by atoms with van der Waals surface area (Å²) in [6.07, 6.45) is 7.15. The normalized spacial score (nSPS) is 27.1. The number of aromatic nitrogens is 2. The van der Waals surface area contributed by atoms with Gasteiger partial charge in [-0.25, -0.2) is 4.98 Å². The molecule has 20 heavy (non-hydrogen) atoms. The summed E-state index contributed by atoms with van der Waals surface area (Å²) in [5.74, 6) is 1.19. The molecular weight excluding hydrogens is 252 g/mol. The van der Waals surface area contributed by atoms with E-state index in [2.05, 4.69) is 39.8 Å². The van der Waals surface area contributed by atoms with Gasteiger partial charge in [0.2, 0.25) is 0 Å². The molecule has 2 aliphatic rings. The highest BCUT2D eigenvalue weighted by atomic mass is 16.5. The van der Waals surface area contributed by atoms with Gasteiger partial charge in [-0.2, -0.15) is 0 Å². The van der Waals surface area contributed by atoms with Crippen molar-refractivity contribution in [2.75, 3.05) is 19.6 Å². The van der Waals surface area contributed by atoms with Crippen molar-refractivity contribution in [3.8, 4) is 0 Å². The van der Waals surface area contributed by atoms with Gasteiger partial charge >= 0.3 is 0 Å². The topological polar surface area (TPSA) is 42.3 Å². The van der Waals surface area contributed by atoms with Crippen LogP contribution in [0.3, 0.4) is 0 Å².